The van der Waals surface area contributed by atoms with Crippen molar-refractivity contribution in [3.8, 4) is 0 Å². The van der Waals surface area contributed by atoms with Crippen LogP contribution >= 0.6 is 22.7 Å². The topological polar surface area (TPSA) is 62.3 Å². The van der Waals surface area contributed by atoms with Crippen molar-refractivity contribution < 1.29 is 9.59 Å². The van der Waals surface area contributed by atoms with E-state index >= 15 is 0 Å². The highest BCUT2D eigenvalue weighted by atomic mass is 32.1. The van der Waals surface area contributed by atoms with Gasteiger partial charge in [-0.05, 0) is 31.2 Å². The molecule has 0 spiro atoms. The number of hydrogen-bond donors (Lipinski definition) is 1. The Morgan fingerprint density at radius 2 is 2.30 bits per heavy atom. The van der Waals surface area contributed by atoms with Crippen LogP contribution in [-0.4, -0.2) is 34.8 Å². The molecule has 3 heterocycles. The quantitative estimate of drug-likeness (QED) is 0.923. The monoisotopic (exact) mass is 349 g/mol. The molecule has 1 aliphatic rings. The van der Waals surface area contributed by atoms with Crippen molar-refractivity contribution in [2.75, 3.05) is 13.1 Å². The standard InChI is InChI=1S/C16H19N3O2S2/c1-11-10-23-14(18-11)8-17-15(20)12-4-2-6-19(9-12)16(21)13-5-3-7-22-13/h3,5,7,10,12H,2,4,6,8-9H2,1H3,(H,17,20). The molecular weight excluding hydrogens is 330 g/mol. The zero-order valence-electron chi connectivity index (χ0n) is 12.9. The van der Waals surface area contributed by atoms with Gasteiger partial charge in [0.25, 0.3) is 5.91 Å². The van der Waals surface area contributed by atoms with Gasteiger partial charge in [-0.15, -0.1) is 22.7 Å². The molecule has 1 N–H and O–H groups in total. The number of amides is 2. The molecule has 0 bridgehead atoms. The van der Waals surface area contributed by atoms with Gasteiger partial charge in [0, 0.05) is 24.2 Å². The normalized spacial score (nSPS) is 18.0. The SMILES string of the molecule is Cc1csc(CNC(=O)C2CCCN(C(=O)c3cccs3)C2)n1. The third-order valence-corrected chi connectivity index (χ3v) is 5.72. The fourth-order valence-corrected chi connectivity index (χ4v) is 4.12. The number of aromatic nitrogens is 1. The number of rotatable bonds is 4. The fourth-order valence-electron chi connectivity index (χ4n) is 2.72. The Bertz CT molecular complexity index is 681. The molecule has 1 atom stereocenters. The number of carbonyl (C=O) groups excluding carboxylic acids is 2. The van der Waals surface area contributed by atoms with Gasteiger partial charge >= 0.3 is 0 Å². The van der Waals surface area contributed by atoms with E-state index in [-0.39, 0.29) is 17.7 Å². The van der Waals surface area contributed by atoms with Crippen LogP contribution in [0.5, 0.6) is 0 Å². The lowest BCUT2D eigenvalue weighted by Gasteiger charge is -2.31. The molecule has 1 unspecified atom stereocenters. The number of thiophene rings is 1. The van der Waals surface area contributed by atoms with Crippen LogP contribution in [0.2, 0.25) is 0 Å². The van der Waals surface area contributed by atoms with E-state index in [2.05, 4.69) is 10.3 Å². The minimum Gasteiger partial charge on any atom is -0.349 e. The van der Waals surface area contributed by atoms with E-state index in [4.69, 9.17) is 0 Å². The summed E-state index contributed by atoms with van der Waals surface area (Å²) in [5, 5.41) is 7.74. The van der Waals surface area contributed by atoms with Crippen molar-refractivity contribution in [1.29, 1.82) is 0 Å². The summed E-state index contributed by atoms with van der Waals surface area (Å²) in [7, 11) is 0. The molecular formula is C16H19N3O2S2. The van der Waals surface area contributed by atoms with Gasteiger partial charge in [0.2, 0.25) is 5.91 Å². The second-order valence-electron chi connectivity index (χ2n) is 5.67. The summed E-state index contributed by atoms with van der Waals surface area (Å²) < 4.78 is 0. The van der Waals surface area contributed by atoms with E-state index in [0.717, 1.165) is 35.0 Å². The van der Waals surface area contributed by atoms with Gasteiger partial charge in [-0.2, -0.15) is 0 Å². The van der Waals surface area contributed by atoms with Gasteiger partial charge in [0.15, 0.2) is 0 Å². The summed E-state index contributed by atoms with van der Waals surface area (Å²) in [6.07, 6.45) is 1.70. The highest BCUT2D eigenvalue weighted by Crippen LogP contribution is 2.21. The lowest BCUT2D eigenvalue weighted by atomic mass is 9.97. The minimum atomic E-state index is -0.131. The molecule has 23 heavy (non-hydrogen) atoms. The van der Waals surface area contributed by atoms with E-state index in [1.54, 1.807) is 16.2 Å². The predicted octanol–water partition coefficient (Wildman–Crippen LogP) is 2.68. The van der Waals surface area contributed by atoms with Crippen LogP contribution in [0.3, 0.4) is 0 Å². The molecule has 2 aromatic heterocycles. The van der Waals surface area contributed by atoms with Gasteiger partial charge in [-0.3, -0.25) is 9.59 Å². The molecule has 122 valence electrons. The fraction of sp³-hybridized carbons (Fsp3) is 0.438. The van der Waals surface area contributed by atoms with Crippen LogP contribution in [0.25, 0.3) is 0 Å². The van der Waals surface area contributed by atoms with Crippen LogP contribution in [0, 0.1) is 12.8 Å². The molecule has 5 nitrogen and oxygen atoms in total. The maximum atomic E-state index is 12.4. The third kappa shape index (κ3) is 3.97. The maximum Gasteiger partial charge on any atom is 0.263 e. The Labute approximate surface area is 143 Å². The zero-order chi connectivity index (χ0) is 16.2. The van der Waals surface area contributed by atoms with Crippen molar-refractivity contribution in [3.05, 3.63) is 38.5 Å². The summed E-state index contributed by atoms with van der Waals surface area (Å²) >= 11 is 3.00. The molecule has 2 aromatic rings. The van der Waals surface area contributed by atoms with Crippen molar-refractivity contribution >= 4 is 34.5 Å². The van der Waals surface area contributed by atoms with Gasteiger partial charge in [0.05, 0.1) is 17.3 Å². The number of aryl methyl sites for hydroxylation is 1. The highest BCUT2D eigenvalue weighted by Gasteiger charge is 2.29. The Morgan fingerprint density at radius 3 is 3.00 bits per heavy atom. The van der Waals surface area contributed by atoms with Gasteiger partial charge in [0.1, 0.15) is 5.01 Å². The minimum absolute atomic E-state index is 0.0153. The summed E-state index contributed by atoms with van der Waals surface area (Å²) in [5.74, 6) is -0.0803. The van der Waals surface area contributed by atoms with Gasteiger partial charge in [-0.25, -0.2) is 4.98 Å². The first-order valence-corrected chi connectivity index (χ1v) is 9.41. The molecule has 0 aromatic carbocycles. The predicted molar refractivity (Wildman–Crippen MR) is 91.6 cm³/mol. The number of likely N-dealkylation sites (tertiary alicyclic amines) is 1. The number of piperidine rings is 1. The Morgan fingerprint density at radius 1 is 1.43 bits per heavy atom. The molecule has 1 aliphatic heterocycles. The Hall–Kier alpha value is -1.73. The number of nitrogens with one attached hydrogen (secondary N) is 1. The smallest absolute Gasteiger partial charge is 0.263 e. The second kappa shape index (κ2) is 7.23. The molecule has 1 saturated heterocycles. The van der Waals surface area contributed by atoms with Crippen LogP contribution < -0.4 is 5.32 Å². The summed E-state index contributed by atoms with van der Waals surface area (Å²) in [5.41, 5.74) is 0.977. The largest absolute Gasteiger partial charge is 0.349 e. The maximum absolute atomic E-state index is 12.4. The van der Waals surface area contributed by atoms with Crippen molar-refractivity contribution in [1.82, 2.24) is 15.2 Å². The molecule has 0 radical (unpaired) electrons. The van der Waals surface area contributed by atoms with E-state index in [9.17, 15) is 9.59 Å². The average molecular weight is 349 g/mol. The van der Waals surface area contributed by atoms with Crippen molar-refractivity contribution in [2.24, 2.45) is 5.92 Å². The third-order valence-electron chi connectivity index (χ3n) is 3.89. The lowest BCUT2D eigenvalue weighted by molar-refractivity contribution is -0.126. The number of carbonyl (C=O) groups is 2. The number of nitrogens with zero attached hydrogens (tertiary/aromatic N) is 2. The van der Waals surface area contributed by atoms with Crippen molar-refractivity contribution in [2.45, 2.75) is 26.3 Å². The molecule has 2 amide bonds. The molecule has 1 fully saturated rings. The molecule has 3 rings (SSSR count). The van der Waals surface area contributed by atoms with Gasteiger partial charge in [-0.1, -0.05) is 6.07 Å². The van der Waals surface area contributed by atoms with Gasteiger partial charge < -0.3 is 10.2 Å². The average Bonchev–Trinajstić information content (AvgIpc) is 3.23. The highest BCUT2D eigenvalue weighted by molar-refractivity contribution is 7.12. The molecule has 0 aliphatic carbocycles. The molecule has 0 saturated carbocycles. The van der Waals surface area contributed by atoms with E-state index in [1.165, 1.54) is 11.3 Å². The zero-order valence-corrected chi connectivity index (χ0v) is 14.6. The Balaban J connectivity index is 1.55. The first-order valence-electron chi connectivity index (χ1n) is 7.65. The van der Waals surface area contributed by atoms with E-state index in [1.807, 2.05) is 29.8 Å². The van der Waals surface area contributed by atoms with E-state index < -0.39 is 0 Å². The van der Waals surface area contributed by atoms with Crippen LogP contribution in [0.4, 0.5) is 0 Å². The Kier molecular flexibility index (Phi) is 5.07. The van der Waals surface area contributed by atoms with E-state index in [0.29, 0.717) is 13.1 Å². The number of hydrogen-bond acceptors (Lipinski definition) is 5. The first kappa shape index (κ1) is 16.1. The van der Waals surface area contributed by atoms with Crippen molar-refractivity contribution in [3.63, 3.8) is 0 Å². The first-order chi connectivity index (χ1) is 11.1. The van der Waals surface area contributed by atoms with Crippen LogP contribution in [0.1, 0.15) is 33.2 Å². The lowest BCUT2D eigenvalue weighted by Crippen LogP contribution is -2.45. The van der Waals surface area contributed by atoms with Crippen LogP contribution in [0.15, 0.2) is 22.9 Å². The second-order valence-corrected chi connectivity index (χ2v) is 7.56. The van der Waals surface area contributed by atoms with Crippen LogP contribution in [-0.2, 0) is 11.3 Å². The summed E-state index contributed by atoms with van der Waals surface area (Å²) in [6.45, 7) is 3.63. The summed E-state index contributed by atoms with van der Waals surface area (Å²) in [6, 6.07) is 3.71. The summed E-state index contributed by atoms with van der Waals surface area (Å²) in [4.78, 5) is 31.7. The number of thiazole rings is 1. The molecule has 7 heteroatoms.